The number of hydrogen-bond acceptors (Lipinski definition) is 3. The Bertz CT molecular complexity index is 666. The van der Waals surface area contributed by atoms with Gasteiger partial charge in [0.15, 0.2) is 0 Å². The fourth-order valence-corrected chi connectivity index (χ4v) is 4.85. The zero-order chi connectivity index (χ0) is 19.3. The molecule has 2 heterocycles. The number of carbonyl (C=O) groups excluding carboxylic acids is 2. The summed E-state index contributed by atoms with van der Waals surface area (Å²) < 4.78 is 0. The second-order valence-corrected chi connectivity index (χ2v) is 8.72. The molecule has 1 atom stereocenters. The van der Waals surface area contributed by atoms with E-state index in [1.165, 1.54) is 6.42 Å². The standard InChI is InChI=1S/C23H33N3O2/c27-22(24-16-18-6-2-1-3-7-18)20-10-5-13-26(17-20)21-11-14-25(15-12-21)23(28)19-8-4-9-19/h1-3,6-7,19-21H,4-5,8-17H2,(H,24,27). The SMILES string of the molecule is O=C(NCc1ccccc1)C1CCCN(C2CCN(C(=O)C3CCC3)CC2)C1. The number of benzene rings is 1. The lowest BCUT2D eigenvalue weighted by molar-refractivity contribution is -0.139. The van der Waals surface area contributed by atoms with Crippen molar-refractivity contribution < 1.29 is 9.59 Å². The molecule has 152 valence electrons. The molecular weight excluding hydrogens is 350 g/mol. The van der Waals surface area contributed by atoms with Crippen molar-refractivity contribution in [3.05, 3.63) is 35.9 Å². The first-order chi connectivity index (χ1) is 13.7. The monoisotopic (exact) mass is 383 g/mol. The summed E-state index contributed by atoms with van der Waals surface area (Å²) in [6.45, 7) is 4.34. The highest BCUT2D eigenvalue weighted by Gasteiger charge is 2.35. The molecule has 1 aromatic carbocycles. The minimum Gasteiger partial charge on any atom is -0.352 e. The lowest BCUT2D eigenvalue weighted by Crippen LogP contribution is -2.52. The Labute approximate surface area is 168 Å². The summed E-state index contributed by atoms with van der Waals surface area (Å²) in [5, 5.41) is 3.12. The minimum atomic E-state index is 0.0899. The molecule has 2 aliphatic heterocycles. The van der Waals surface area contributed by atoms with Crippen LogP contribution in [-0.4, -0.2) is 53.8 Å². The lowest BCUT2D eigenvalue weighted by atomic mass is 9.84. The van der Waals surface area contributed by atoms with Gasteiger partial charge < -0.3 is 10.2 Å². The predicted octanol–water partition coefficient (Wildman–Crippen LogP) is 2.81. The first kappa shape index (κ1) is 19.4. The molecular formula is C23H33N3O2. The van der Waals surface area contributed by atoms with Gasteiger partial charge in [0.1, 0.15) is 0 Å². The minimum absolute atomic E-state index is 0.0899. The molecule has 0 radical (unpaired) electrons. The van der Waals surface area contributed by atoms with Crippen molar-refractivity contribution in [3.63, 3.8) is 0 Å². The van der Waals surface area contributed by atoms with Crippen LogP contribution < -0.4 is 5.32 Å². The van der Waals surface area contributed by atoms with Crippen LogP contribution in [0, 0.1) is 11.8 Å². The summed E-state index contributed by atoms with van der Waals surface area (Å²) in [6, 6.07) is 10.6. The molecule has 0 bridgehead atoms. The van der Waals surface area contributed by atoms with Gasteiger partial charge in [-0.25, -0.2) is 0 Å². The third kappa shape index (κ3) is 4.57. The van der Waals surface area contributed by atoms with Crippen molar-refractivity contribution in [2.45, 2.75) is 57.5 Å². The van der Waals surface area contributed by atoms with Gasteiger partial charge in [-0.3, -0.25) is 14.5 Å². The molecule has 2 amide bonds. The number of rotatable bonds is 5. The molecule has 3 aliphatic rings. The Kier molecular flexibility index (Phi) is 6.30. The highest BCUT2D eigenvalue weighted by molar-refractivity contribution is 5.80. The topological polar surface area (TPSA) is 52.7 Å². The van der Waals surface area contributed by atoms with Gasteiger partial charge in [-0.2, -0.15) is 0 Å². The van der Waals surface area contributed by atoms with E-state index in [9.17, 15) is 9.59 Å². The van der Waals surface area contributed by atoms with Gasteiger partial charge in [0.2, 0.25) is 11.8 Å². The molecule has 2 saturated heterocycles. The Hall–Kier alpha value is -1.88. The van der Waals surface area contributed by atoms with Gasteiger partial charge in [0, 0.05) is 38.1 Å². The third-order valence-electron chi connectivity index (χ3n) is 6.88. The number of piperidine rings is 2. The summed E-state index contributed by atoms with van der Waals surface area (Å²) in [4.78, 5) is 29.7. The maximum absolute atomic E-state index is 12.7. The number of nitrogens with zero attached hydrogens (tertiary/aromatic N) is 2. The van der Waals surface area contributed by atoms with Crippen molar-refractivity contribution in [1.82, 2.24) is 15.1 Å². The maximum atomic E-state index is 12.7. The fraction of sp³-hybridized carbons (Fsp3) is 0.652. The van der Waals surface area contributed by atoms with E-state index < -0.39 is 0 Å². The molecule has 1 saturated carbocycles. The van der Waals surface area contributed by atoms with E-state index in [0.29, 0.717) is 24.4 Å². The Morgan fingerprint density at radius 1 is 0.893 bits per heavy atom. The Morgan fingerprint density at radius 2 is 1.61 bits per heavy atom. The number of likely N-dealkylation sites (tertiary alicyclic amines) is 2. The molecule has 1 unspecified atom stereocenters. The van der Waals surface area contributed by atoms with Crippen LogP contribution in [0.25, 0.3) is 0 Å². The van der Waals surface area contributed by atoms with Crippen molar-refractivity contribution in [2.75, 3.05) is 26.2 Å². The number of nitrogens with one attached hydrogen (secondary N) is 1. The maximum Gasteiger partial charge on any atom is 0.225 e. The molecule has 0 aromatic heterocycles. The van der Waals surface area contributed by atoms with E-state index in [1.54, 1.807) is 0 Å². The molecule has 1 aromatic rings. The molecule has 28 heavy (non-hydrogen) atoms. The highest BCUT2D eigenvalue weighted by atomic mass is 16.2. The van der Waals surface area contributed by atoms with Gasteiger partial charge in [0.25, 0.3) is 0 Å². The van der Waals surface area contributed by atoms with Gasteiger partial charge in [0.05, 0.1) is 5.92 Å². The molecule has 5 heteroatoms. The first-order valence-corrected chi connectivity index (χ1v) is 11.0. The van der Waals surface area contributed by atoms with E-state index in [1.807, 2.05) is 30.3 Å². The van der Waals surface area contributed by atoms with Crippen LogP contribution in [0.3, 0.4) is 0 Å². The van der Waals surface area contributed by atoms with Crippen molar-refractivity contribution in [1.29, 1.82) is 0 Å². The predicted molar refractivity (Wildman–Crippen MR) is 110 cm³/mol. The van der Waals surface area contributed by atoms with Gasteiger partial charge in [-0.05, 0) is 50.6 Å². The molecule has 4 rings (SSSR count). The number of hydrogen-bond donors (Lipinski definition) is 1. The summed E-state index contributed by atoms with van der Waals surface area (Å²) in [5.41, 5.74) is 1.15. The van der Waals surface area contributed by atoms with Crippen molar-refractivity contribution in [2.24, 2.45) is 11.8 Å². The molecule has 0 spiro atoms. The molecule has 5 nitrogen and oxygen atoms in total. The van der Waals surface area contributed by atoms with Crippen LogP contribution in [-0.2, 0) is 16.1 Å². The number of carbonyl (C=O) groups is 2. The van der Waals surface area contributed by atoms with Crippen LogP contribution in [0.15, 0.2) is 30.3 Å². The van der Waals surface area contributed by atoms with Gasteiger partial charge >= 0.3 is 0 Å². The lowest BCUT2D eigenvalue weighted by Gasteiger charge is -2.43. The Morgan fingerprint density at radius 3 is 2.29 bits per heavy atom. The van der Waals surface area contributed by atoms with Crippen molar-refractivity contribution >= 4 is 11.8 Å². The second-order valence-electron chi connectivity index (χ2n) is 8.72. The largest absolute Gasteiger partial charge is 0.352 e. The summed E-state index contributed by atoms with van der Waals surface area (Å²) >= 11 is 0. The van der Waals surface area contributed by atoms with Gasteiger partial charge in [-0.15, -0.1) is 0 Å². The molecule has 1 aliphatic carbocycles. The zero-order valence-electron chi connectivity index (χ0n) is 16.8. The van der Waals surface area contributed by atoms with Crippen LogP contribution in [0.5, 0.6) is 0 Å². The second kappa shape index (κ2) is 9.08. The van der Waals surface area contributed by atoms with E-state index in [2.05, 4.69) is 15.1 Å². The summed E-state index contributed by atoms with van der Waals surface area (Å²) in [7, 11) is 0. The van der Waals surface area contributed by atoms with E-state index >= 15 is 0 Å². The van der Waals surface area contributed by atoms with Crippen molar-refractivity contribution in [3.8, 4) is 0 Å². The fourth-order valence-electron chi connectivity index (χ4n) is 4.85. The smallest absolute Gasteiger partial charge is 0.225 e. The average Bonchev–Trinajstić information content (AvgIpc) is 2.72. The van der Waals surface area contributed by atoms with E-state index in [-0.39, 0.29) is 11.8 Å². The highest BCUT2D eigenvalue weighted by Crippen LogP contribution is 2.30. The summed E-state index contributed by atoms with van der Waals surface area (Å²) in [5.74, 6) is 0.976. The quantitative estimate of drug-likeness (QED) is 0.851. The molecule has 1 N–H and O–H groups in total. The third-order valence-corrected chi connectivity index (χ3v) is 6.88. The Balaban J connectivity index is 1.23. The normalized spacial score (nSPS) is 24.6. The van der Waals surface area contributed by atoms with E-state index in [0.717, 1.165) is 70.3 Å². The van der Waals surface area contributed by atoms with E-state index in [4.69, 9.17) is 0 Å². The molecule has 3 fully saturated rings. The average molecular weight is 384 g/mol. The van der Waals surface area contributed by atoms with Crippen LogP contribution in [0.4, 0.5) is 0 Å². The van der Waals surface area contributed by atoms with Crippen LogP contribution >= 0.6 is 0 Å². The number of amides is 2. The zero-order valence-corrected chi connectivity index (χ0v) is 16.8. The van der Waals surface area contributed by atoms with Gasteiger partial charge in [-0.1, -0.05) is 36.8 Å². The van der Waals surface area contributed by atoms with Crippen LogP contribution in [0.2, 0.25) is 0 Å². The first-order valence-electron chi connectivity index (χ1n) is 11.0. The van der Waals surface area contributed by atoms with Crippen LogP contribution in [0.1, 0.15) is 50.5 Å². The summed E-state index contributed by atoms with van der Waals surface area (Å²) in [6.07, 6.45) is 7.57.